The van der Waals surface area contributed by atoms with Crippen LogP contribution < -0.4 is 10.6 Å². The molecule has 0 fully saturated rings. The summed E-state index contributed by atoms with van der Waals surface area (Å²) in [5, 5.41) is 6.78. The Kier molecular flexibility index (Phi) is 6.56. The topological polar surface area (TPSA) is 59.1 Å². The summed E-state index contributed by atoms with van der Waals surface area (Å²) in [5.74, 6) is 2.60. The zero-order chi connectivity index (χ0) is 14.3. The molecule has 1 aromatic heterocycles. The van der Waals surface area contributed by atoms with Gasteiger partial charge in [-0.3, -0.25) is 0 Å². The van der Waals surface area contributed by atoms with Crippen LogP contribution in [0.15, 0.2) is 0 Å². The quantitative estimate of drug-likeness (QED) is 0.757. The van der Waals surface area contributed by atoms with Gasteiger partial charge < -0.3 is 15.4 Å². The average molecular weight is 266 g/mol. The third-order valence-corrected chi connectivity index (χ3v) is 3.00. The fourth-order valence-corrected chi connectivity index (χ4v) is 1.84. The molecule has 1 rings (SSSR count). The Balaban J connectivity index is 2.90. The molecule has 108 valence electrons. The van der Waals surface area contributed by atoms with Crippen molar-refractivity contribution in [2.24, 2.45) is 0 Å². The van der Waals surface area contributed by atoms with E-state index in [0.29, 0.717) is 6.61 Å². The molecule has 0 aliphatic carbocycles. The molecule has 0 bridgehead atoms. The molecule has 1 unspecified atom stereocenters. The van der Waals surface area contributed by atoms with Crippen LogP contribution in [0.2, 0.25) is 0 Å². The van der Waals surface area contributed by atoms with Crippen molar-refractivity contribution in [1.29, 1.82) is 0 Å². The van der Waals surface area contributed by atoms with Crippen LogP contribution in [0.5, 0.6) is 0 Å². The molecule has 5 heteroatoms. The lowest BCUT2D eigenvalue weighted by molar-refractivity contribution is 0.184. The van der Waals surface area contributed by atoms with Gasteiger partial charge in [0.05, 0.1) is 12.6 Å². The molecular formula is C14H26N4O. The summed E-state index contributed by atoms with van der Waals surface area (Å²) < 4.78 is 5.21. The second kappa shape index (κ2) is 7.94. The van der Waals surface area contributed by atoms with Crippen LogP contribution in [0.4, 0.5) is 11.6 Å². The fourth-order valence-electron chi connectivity index (χ4n) is 1.84. The average Bonchev–Trinajstić information content (AvgIpc) is 2.40. The number of aromatic nitrogens is 2. The maximum atomic E-state index is 5.21. The minimum atomic E-state index is 0.275. The van der Waals surface area contributed by atoms with E-state index in [4.69, 9.17) is 4.74 Å². The molecule has 0 aliphatic heterocycles. The molecule has 0 aliphatic rings. The summed E-state index contributed by atoms with van der Waals surface area (Å²) in [6.45, 7) is 9.83. The van der Waals surface area contributed by atoms with Gasteiger partial charge in [0, 0.05) is 19.2 Å². The Labute approximate surface area is 116 Å². The molecular weight excluding hydrogens is 240 g/mol. The third-order valence-electron chi connectivity index (χ3n) is 3.00. The van der Waals surface area contributed by atoms with Gasteiger partial charge in [-0.1, -0.05) is 13.8 Å². The number of nitrogens with one attached hydrogen (secondary N) is 2. The van der Waals surface area contributed by atoms with Gasteiger partial charge in [-0.25, -0.2) is 9.97 Å². The van der Waals surface area contributed by atoms with Crippen LogP contribution in [-0.4, -0.2) is 36.3 Å². The SMILES string of the molecule is CCCNc1nc(C)nc(NC(CC)COC)c1C. The summed E-state index contributed by atoms with van der Waals surface area (Å²) >= 11 is 0. The Hall–Kier alpha value is -1.36. The van der Waals surface area contributed by atoms with E-state index < -0.39 is 0 Å². The first-order chi connectivity index (χ1) is 9.12. The van der Waals surface area contributed by atoms with Crippen molar-refractivity contribution in [2.75, 3.05) is 30.9 Å². The first-order valence-electron chi connectivity index (χ1n) is 6.96. The first-order valence-corrected chi connectivity index (χ1v) is 6.96. The fraction of sp³-hybridized carbons (Fsp3) is 0.714. The number of hydrogen-bond acceptors (Lipinski definition) is 5. The highest BCUT2D eigenvalue weighted by atomic mass is 16.5. The highest BCUT2D eigenvalue weighted by Crippen LogP contribution is 2.21. The molecule has 0 radical (unpaired) electrons. The van der Waals surface area contributed by atoms with Crippen molar-refractivity contribution in [2.45, 2.75) is 46.6 Å². The van der Waals surface area contributed by atoms with Gasteiger partial charge in [0.25, 0.3) is 0 Å². The zero-order valence-corrected chi connectivity index (χ0v) is 12.7. The Bertz CT molecular complexity index is 395. The van der Waals surface area contributed by atoms with E-state index in [1.165, 1.54) is 0 Å². The minimum Gasteiger partial charge on any atom is -0.383 e. The number of ether oxygens (including phenoxy) is 1. The van der Waals surface area contributed by atoms with E-state index in [0.717, 1.165) is 42.4 Å². The van der Waals surface area contributed by atoms with Gasteiger partial charge in [0.15, 0.2) is 0 Å². The molecule has 0 aromatic carbocycles. The monoisotopic (exact) mass is 266 g/mol. The highest BCUT2D eigenvalue weighted by molar-refractivity contribution is 5.57. The van der Waals surface area contributed by atoms with E-state index in [-0.39, 0.29) is 6.04 Å². The van der Waals surface area contributed by atoms with Crippen LogP contribution >= 0.6 is 0 Å². The maximum Gasteiger partial charge on any atom is 0.135 e. The van der Waals surface area contributed by atoms with Gasteiger partial charge in [-0.2, -0.15) is 0 Å². The smallest absolute Gasteiger partial charge is 0.135 e. The molecule has 5 nitrogen and oxygen atoms in total. The van der Waals surface area contributed by atoms with E-state index in [9.17, 15) is 0 Å². The van der Waals surface area contributed by atoms with Crippen molar-refractivity contribution < 1.29 is 4.74 Å². The molecule has 1 aromatic rings. The summed E-state index contributed by atoms with van der Waals surface area (Å²) in [4.78, 5) is 8.95. The second-order valence-electron chi connectivity index (χ2n) is 4.72. The second-order valence-corrected chi connectivity index (χ2v) is 4.72. The zero-order valence-electron chi connectivity index (χ0n) is 12.7. The maximum absolute atomic E-state index is 5.21. The van der Waals surface area contributed by atoms with Gasteiger partial charge in [-0.05, 0) is 26.7 Å². The van der Waals surface area contributed by atoms with Gasteiger partial charge in [0.2, 0.25) is 0 Å². The molecule has 19 heavy (non-hydrogen) atoms. The molecule has 1 heterocycles. The van der Waals surface area contributed by atoms with Crippen molar-refractivity contribution in [3.05, 3.63) is 11.4 Å². The number of methoxy groups -OCH3 is 1. The molecule has 2 N–H and O–H groups in total. The first kappa shape index (κ1) is 15.7. The summed E-state index contributed by atoms with van der Waals surface area (Å²) in [6, 6.07) is 0.275. The molecule has 0 amide bonds. The van der Waals surface area contributed by atoms with Crippen LogP contribution in [0.1, 0.15) is 38.1 Å². The Morgan fingerprint density at radius 2 is 1.84 bits per heavy atom. The van der Waals surface area contributed by atoms with Crippen molar-refractivity contribution in [3.8, 4) is 0 Å². The van der Waals surface area contributed by atoms with E-state index in [1.54, 1.807) is 7.11 Å². The van der Waals surface area contributed by atoms with Gasteiger partial charge in [0.1, 0.15) is 17.5 Å². The minimum absolute atomic E-state index is 0.275. The van der Waals surface area contributed by atoms with Crippen LogP contribution in [0.25, 0.3) is 0 Å². The molecule has 0 spiro atoms. The Morgan fingerprint density at radius 3 is 2.42 bits per heavy atom. The van der Waals surface area contributed by atoms with E-state index in [2.05, 4.69) is 34.4 Å². The summed E-state index contributed by atoms with van der Waals surface area (Å²) in [5.41, 5.74) is 1.06. The lowest BCUT2D eigenvalue weighted by atomic mass is 10.2. The molecule has 1 atom stereocenters. The lowest BCUT2D eigenvalue weighted by Crippen LogP contribution is -2.25. The Morgan fingerprint density at radius 1 is 1.16 bits per heavy atom. The number of anilines is 2. The summed E-state index contributed by atoms with van der Waals surface area (Å²) in [6.07, 6.45) is 2.07. The van der Waals surface area contributed by atoms with Crippen LogP contribution in [0.3, 0.4) is 0 Å². The van der Waals surface area contributed by atoms with Crippen LogP contribution in [-0.2, 0) is 4.74 Å². The van der Waals surface area contributed by atoms with Gasteiger partial charge in [-0.15, -0.1) is 0 Å². The normalized spacial score (nSPS) is 12.3. The standard InChI is InChI=1S/C14H26N4O/c1-6-8-15-13-10(3)14(17-11(4)16-13)18-12(7-2)9-19-5/h12H,6-9H2,1-5H3,(H2,15,16,17,18). The summed E-state index contributed by atoms with van der Waals surface area (Å²) in [7, 11) is 1.72. The number of aryl methyl sites for hydroxylation is 1. The van der Waals surface area contributed by atoms with E-state index >= 15 is 0 Å². The van der Waals surface area contributed by atoms with Crippen molar-refractivity contribution >= 4 is 11.6 Å². The number of rotatable bonds is 8. The van der Waals surface area contributed by atoms with Gasteiger partial charge >= 0.3 is 0 Å². The van der Waals surface area contributed by atoms with Crippen molar-refractivity contribution in [3.63, 3.8) is 0 Å². The predicted octanol–water partition coefficient (Wildman–Crippen LogP) is 2.75. The van der Waals surface area contributed by atoms with Crippen LogP contribution in [0, 0.1) is 13.8 Å². The molecule has 0 saturated carbocycles. The molecule has 0 saturated heterocycles. The van der Waals surface area contributed by atoms with E-state index in [1.807, 2.05) is 13.8 Å². The highest BCUT2D eigenvalue weighted by Gasteiger charge is 2.12. The third kappa shape index (κ3) is 4.67. The largest absolute Gasteiger partial charge is 0.383 e. The lowest BCUT2D eigenvalue weighted by Gasteiger charge is -2.19. The predicted molar refractivity (Wildman–Crippen MR) is 79.9 cm³/mol. The van der Waals surface area contributed by atoms with Crippen molar-refractivity contribution in [1.82, 2.24) is 9.97 Å². The number of nitrogens with zero attached hydrogens (tertiary/aromatic N) is 2. The number of hydrogen-bond donors (Lipinski definition) is 2.